The van der Waals surface area contributed by atoms with Gasteiger partial charge >= 0.3 is 0 Å². The first kappa shape index (κ1) is 14.3. The van der Waals surface area contributed by atoms with Gasteiger partial charge in [-0.25, -0.2) is 0 Å². The molecule has 114 valence electrons. The normalized spacial score (nSPS) is 27.1. The maximum absolute atomic E-state index is 4.98. The van der Waals surface area contributed by atoms with Crippen molar-refractivity contribution in [2.75, 3.05) is 0 Å². The van der Waals surface area contributed by atoms with E-state index in [0.717, 1.165) is 38.5 Å². The zero-order valence-corrected chi connectivity index (χ0v) is 13.4. The number of allylic oxidation sites excluding steroid dienone is 10. The van der Waals surface area contributed by atoms with Crippen molar-refractivity contribution in [1.82, 2.24) is 0 Å². The molecule has 1 heterocycles. The van der Waals surface area contributed by atoms with E-state index >= 15 is 0 Å². The van der Waals surface area contributed by atoms with Crippen LogP contribution >= 0.6 is 0 Å². The lowest BCUT2D eigenvalue weighted by atomic mass is 9.86. The van der Waals surface area contributed by atoms with E-state index in [0.29, 0.717) is 5.92 Å². The Morgan fingerprint density at radius 1 is 1.09 bits per heavy atom. The fourth-order valence-electron chi connectivity index (χ4n) is 3.67. The van der Waals surface area contributed by atoms with Gasteiger partial charge in [0.15, 0.2) is 0 Å². The van der Waals surface area contributed by atoms with Gasteiger partial charge in [0.05, 0.1) is 5.70 Å². The Morgan fingerprint density at radius 2 is 2.09 bits per heavy atom. The van der Waals surface area contributed by atoms with E-state index in [4.69, 9.17) is 4.99 Å². The zero-order chi connectivity index (χ0) is 15.5. The van der Waals surface area contributed by atoms with Gasteiger partial charge in [-0.15, -0.1) is 0 Å². The molecule has 1 atom stereocenters. The predicted molar refractivity (Wildman–Crippen MR) is 97.0 cm³/mol. The molecule has 0 radical (unpaired) electrons. The second-order valence-corrected chi connectivity index (χ2v) is 6.45. The summed E-state index contributed by atoms with van der Waals surface area (Å²) in [4.78, 5) is 4.98. The molecular formula is C22H21N. The van der Waals surface area contributed by atoms with E-state index in [9.17, 15) is 0 Å². The first-order valence-corrected chi connectivity index (χ1v) is 8.58. The van der Waals surface area contributed by atoms with Crippen LogP contribution in [0.2, 0.25) is 0 Å². The summed E-state index contributed by atoms with van der Waals surface area (Å²) < 4.78 is 0. The summed E-state index contributed by atoms with van der Waals surface area (Å²) in [7, 11) is 0. The third-order valence-corrected chi connectivity index (χ3v) is 4.99. The molecule has 4 aliphatic rings. The van der Waals surface area contributed by atoms with Crippen molar-refractivity contribution in [3.63, 3.8) is 0 Å². The highest BCUT2D eigenvalue weighted by atomic mass is 14.8. The second-order valence-electron chi connectivity index (χ2n) is 6.45. The third kappa shape index (κ3) is 2.94. The molecule has 0 spiro atoms. The summed E-state index contributed by atoms with van der Waals surface area (Å²) >= 11 is 0. The number of aliphatic imine (C=N–C) groups is 1. The molecule has 0 aromatic carbocycles. The van der Waals surface area contributed by atoms with Gasteiger partial charge < -0.3 is 0 Å². The van der Waals surface area contributed by atoms with Gasteiger partial charge in [0.2, 0.25) is 0 Å². The van der Waals surface area contributed by atoms with Gasteiger partial charge in [-0.3, -0.25) is 4.99 Å². The number of hydrogen-bond donors (Lipinski definition) is 0. The SMILES string of the molecule is C1#CCC2=C(C=C1)C1=C(/C=C/CCC3=CC=CCC3C=N1)CC2. The minimum Gasteiger partial charge on any atom is -0.260 e. The van der Waals surface area contributed by atoms with Gasteiger partial charge in [-0.05, 0) is 55.4 Å². The Morgan fingerprint density at radius 3 is 3.09 bits per heavy atom. The summed E-state index contributed by atoms with van der Waals surface area (Å²) in [6, 6.07) is 0. The smallest absolute Gasteiger partial charge is 0.0730 e. The maximum Gasteiger partial charge on any atom is 0.0730 e. The highest BCUT2D eigenvalue weighted by Crippen LogP contribution is 2.36. The summed E-state index contributed by atoms with van der Waals surface area (Å²) in [6.07, 6.45) is 24.1. The van der Waals surface area contributed by atoms with Gasteiger partial charge in [0.25, 0.3) is 0 Å². The third-order valence-electron chi connectivity index (χ3n) is 4.99. The Balaban J connectivity index is 1.76. The van der Waals surface area contributed by atoms with Gasteiger partial charge in [-0.1, -0.05) is 47.8 Å². The van der Waals surface area contributed by atoms with Crippen molar-refractivity contribution in [3.05, 3.63) is 70.5 Å². The van der Waals surface area contributed by atoms with E-state index in [2.05, 4.69) is 54.5 Å². The summed E-state index contributed by atoms with van der Waals surface area (Å²) in [5.41, 5.74) is 6.80. The molecule has 0 amide bonds. The summed E-state index contributed by atoms with van der Waals surface area (Å²) in [5.74, 6) is 6.80. The predicted octanol–water partition coefficient (Wildman–Crippen LogP) is 5.22. The summed E-state index contributed by atoms with van der Waals surface area (Å²) in [6.45, 7) is 0. The molecule has 0 saturated heterocycles. The molecule has 0 fully saturated rings. The molecule has 4 rings (SSSR count). The monoisotopic (exact) mass is 299 g/mol. The number of hydrogen-bond acceptors (Lipinski definition) is 1. The van der Waals surface area contributed by atoms with E-state index in [-0.39, 0.29) is 0 Å². The van der Waals surface area contributed by atoms with E-state index in [1.165, 1.54) is 28.0 Å². The van der Waals surface area contributed by atoms with Gasteiger partial charge in [0.1, 0.15) is 0 Å². The highest BCUT2D eigenvalue weighted by molar-refractivity contribution is 5.70. The van der Waals surface area contributed by atoms with E-state index < -0.39 is 0 Å². The first-order valence-electron chi connectivity index (χ1n) is 8.58. The van der Waals surface area contributed by atoms with Crippen LogP contribution < -0.4 is 0 Å². The minimum absolute atomic E-state index is 0.456. The molecular weight excluding hydrogens is 278 g/mol. The van der Waals surface area contributed by atoms with Crippen LogP contribution in [0.5, 0.6) is 0 Å². The molecule has 0 aromatic rings. The van der Waals surface area contributed by atoms with Gasteiger partial charge in [0, 0.05) is 24.1 Å². The number of nitrogens with zero attached hydrogens (tertiary/aromatic N) is 1. The standard InChI is InChI=1S/C22H21N/c1-2-10-18-14-15-19-11-6-4-8-17-9-5-7-12-20(17)16-23-22(19)21(18)13-3-1/h3,5-7,9,11,13,16,20H,4,8,10,12,14-15H2/b11-6+,23-16?. The lowest BCUT2D eigenvalue weighted by Gasteiger charge is -2.23. The Hall–Kier alpha value is -2.33. The average molecular weight is 299 g/mol. The fraction of sp³-hybridized carbons (Fsp3) is 0.318. The van der Waals surface area contributed by atoms with Crippen molar-refractivity contribution in [2.45, 2.75) is 38.5 Å². The topological polar surface area (TPSA) is 12.4 Å². The Bertz CT molecular complexity index is 782. The van der Waals surface area contributed by atoms with Crippen LogP contribution in [0.4, 0.5) is 0 Å². The molecule has 1 heteroatoms. The van der Waals surface area contributed by atoms with Crippen molar-refractivity contribution < 1.29 is 0 Å². The largest absolute Gasteiger partial charge is 0.260 e. The summed E-state index contributed by atoms with van der Waals surface area (Å²) in [5, 5.41) is 0. The zero-order valence-electron chi connectivity index (χ0n) is 13.4. The molecule has 23 heavy (non-hydrogen) atoms. The van der Waals surface area contributed by atoms with Crippen molar-refractivity contribution in [2.24, 2.45) is 10.9 Å². The maximum atomic E-state index is 4.98. The molecule has 0 bridgehead atoms. The van der Waals surface area contributed by atoms with Crippen LogP contribution in [0.1, 0.15) is 38.5 Å². The fourth-order valence-corrected chi connectivity index (χ4v) is 3.67. The highest BCUT2D eigenvalue weighted by Gasteiger charge is 2.20. The van der Waals surface area contributed by atoms with E-state index in [1.807, 2.05) is 6.08 Å². The molecule has 1 aliphatic heterocycles. The van der Waals surface area contributed by atoms with E-state index in [1.54, 1.807) is 0 Å². The molecule has 1 nitrogen and oxygen atoms in total. The molecule has 0 aromatic heterocycles. The van der Waals surface area contributed by atoms with Crippen LogP contribution in [0, 0.1) is 17.8 Å². The Kier molecular flexibility index (Phi) is 3.99. The first-order chi connectivity index (χ1) is 11.4. The van der Waals surface area contributed by atoms with Gasteiger partial charge in [-0.2, -0.15) is 0 Å². The lowest BCUT2D eigenvalue weighted by molar-refractivity contribution is 0.755. The molecule has 3 aliphatic carbocycles. The second kappa shape index (κ2) is 6.42. The van der Waals surface area contributed by atoms with Crippen LogP contribution in [0.3, 0.4) is 0 Å². The Labute approximate surface area is 138 Å². The van der Waals surface area contributed by atoms with Crippen LogP contribution in [-0.2, 0) is 0 Å². The minimum atomic E-state index is 0.456. The lowest BCUT2D eigenvalue weighted by Crippen LogP contribution is -2.10. The quantitative estimate of drug-likeness (QED) is 0.544. The molecule has 1 unspecified atom stereocenters. The van der Waals surface area contributed by atoms with Crippen LogP contribution in [0.15, 0.2) is 75.5 Å². The van der Waals surface area contributed by atoms with Crippen LogP contribution in [0.25, 0.3) is 0 Å². The van der Waals surface area contributed by atoms with Crippen molar-refractivity contribution in [3.8, 4) is 11.8 Å². The molecule has 0 saturated carbocycles. The molecule has 0 N–H and O–H groups in total. The number of rotatable bonds is 0. The number of fused-ring (bicyclic) bond motifs is 2. The average Bonchev–Trinajstić information content (AvgIpc) is 2.84. The van der Waals surface area contributed by atoms with Crippen molar-refractivity contribution >= 4 is 6.21 Å². The van der Waals surface area contributed by atoms with Crippen molar-refractivity contribution in [1.29, 1.82) is 0 Å². The van der Waals surface area contributed by atoms with Crippen LogP contribution in [-0.4, -0.2) is 6.21 Å².